The van der Waals surface area contributed by atoms with Crippen molar-refractivity contribution in [3.05, 3.63) is 54.1 Å². The fraction of sp³-hybridized carbons (Fsp3) is 0.375. The van der Waals surface area contributed by atoms with E-state index in [-0.39, 0.29) is 6.04 Å². The van der Waals surface area contributed by atoms with Crippen LogP contribution in [-0.2, 0) is 6.42 Å². The molecular weight excluding hydrogens is 250 g/mol. The van der Waals surface area contributed by atoms with E-state index in [4.69, 9.17) is 4.74 Å². The molecule has 2 aromatic rings. The molecule has 0 aliphatic heterocycles. The van der Waals surface area contributed by atoms with Gasteiger partial charge in [0, 0.05) is 24.6 Å². The van der Waals surface area contributed by atoms with Gasteiger partial charge in [-0.15, -0.1) is 0 Å². The summed E-state index contributed by atoms with van der Waals surface area (Å²) >= 11 is 0. The number of aromatic nitrogens is 2. The SMILES string of the molecule is CCNC(CCc1cccnc1)c1cncc(OC)c1. The predicted molar refractivity (Wildman–Crippen MR) is 79.8 cm³/mol. The normalized spacial score (nSPS) is 12.1. The standard InChI is InChI=1S/C16H21N3O/c1-3-19-16(7-6-13-5-4-8-17-10-13)14-9-15(20-2)12-18-11-14/h4-5,8-12,16,19H,3,6-7H2,1-2H3. The summed E-state index contributed by atoms with van der Waals surface area (Å²) in [5, 5.41) is 3.50. The maximum atomic E-state index is 5.25. The summed E-state index contributed by atoms with van der Waals surface area (Å²) in [6.45, 7) is 3.04. The second-order valence-corrected chi connectivity index (χ2v) is 4.67. The van der Waals surface area contributed by atoms with E-state index in [1.807, 2.05) is 24.5 Å². The number of methoxy groups -OCH3 is 1. The lowest BCUT2D eigenvalue weighted by molar-refractivity contribution is 0.410. The van der Waals surface area contributed by atoms with E-state index in [0.29, 0.717) is 0 Å². The highest BCUT2D eigenvalue weighted by molar-refractivity contribution is 5.26. The molecule has 0 fully saturated rings. The van der Waals surface area contributed by atoms with Crippen molar-refractivity contribution in [3.63, 3.8) is 0 Å². The maximum Gasteiger partial charge on any atom is 0.137 e. The summed E-state index contributed by atoms with van der Waals surface area (Å²) in [7, 11) is 1.67. The molecule has 0 saturated heterocycles. The molecule has 2 rings (SSSR count). The quantitative estimate of drug-likeness (QED) is 0.841. The minimum Gasteiger partial charge on any atom is -0.495 e. The second kappa shape index (κ2) is 7.60. The molecule has 0 bridgehead atoms. The Morgan fingerprint density at radius 3 is 2.85 bits per heavy atom. The van der Waals surface area contributed by atoms with Crippen molar-refractivity contribution in [2.75, 3.05) is 13.7 Å². The zero-order valence-electron chi connectivity index (χ0n) is 12.0. The van der Waals surface area contributed by atoms with Crippen LogP contribution in [0, 0.1) is 0 Å². The third-order valence-corrected chi connectivity index (χ3v) is 3.27. The molecule has 1 atom stereocenters. The Labute approximate surface area is 120 Å². The van der Waals surface area contributed by atoms with Gasteiger partial charge in [0.15, 0.2) is 0 Å². The summed E-state index contributed by atoms with van der Waals surface area (Å²) in [4.78, 5) is 8.39. The van der Waals surface area contributed by atoms with Gasteiger partial charge in [0.05, 0.1) is 13.3 Å². The highest BCUT2D eigenvalue weighted by Gasteiger charge is 2.11. The molecule has 0 amide bonds. The average molecular weight is 271 g/mol. The van der Waals surface area contributed by atoms with Crippen LogP contribution < -0.4 is 10.1 Å². The summed E-state index contributed by atoms with van der Waals surface area (Å²) in [5.74, 6) is 0.798. The summed E-state index contributed by atoms with van der Waals surface area (Å²) in [6.07, 6.45) is 9.36. The molecule has 0 spiro atoms. The summed E-state index contributed by atoms with van der Waals surface area (Å²) in [6, 6.07) is 6.41. The van der Waals surface area contributed by atoms with Crippen LogP contribution in [0.4, 0.5) is 0 Å². The predicted octanol–water partition coefficient (Wildman–Crippen LogP) is 2.77. The van der Waals surface area contributed by atoms with Crippen LogP contribution in [0.25, 0.3) is 0 Å². The van der Waals surface area contributed by atoms with Gasteiger partial charge in [-0.2, -0.15) is 0 Å². The summed E-state index contributed by atoms with van der Waals surface area (Å²) in [5.41, 5.74) is 2.42. The van der Waals surface area contributed by atoms with Crippen molar-refractivity contribution < 1.29 is 4.74 Å². The van der Waals surface area contributed by atoms with Crippen molar-refractivity contribution in [3.8, 4) is 5.75 Å². The first-order valence-corrected chi connectivity index (χ1v) is 6.94. The summed E-state index contributed by atoms with van der Waals surface area (Å²) < 4.78 is 5.25. The Hall–Kier alpha value is -1.94. The molecule has 0 aliphatic rings. The van der Waals surface area contributed by atoms with Crippen LogP contribution in [0.5, 0.6) is 5.75 Å². The number of aryl methyl sites for hydroxylation is 1. The highest BCUT2D eigenvalue weighted by atomic mass is 16.5. The minimum absolute atomic E-state index is 0.280. The van der Waals surface area contributed by atoms with E-state index in [2.05, 4.69) is 28.3 Å². The third kappa shape index (κ3) is 4.03. The monoisotopic (exact) mass is 271 g/mol. The van der Waals surface area contributed by atoms with Gasteiger partial charge in [-0.05, 0) is 42.6 Å². The number of hydrogen-bond donors (Lipinski definition) is 1. The van der Waals surface area contributed by atoms with Crippen molar-refractivity contribution >= 4 is 0 Å². The Balaban J connectivity index is 2.06. The molecular formula is C16H21N3O. The van der Waals surface area contributed by atoms with Crippen molar-refractivity contribution in [2.45, 2.75) is 25.8 Å². The smallest absolute Gasteiger partial charge is 0.137 e. The average Bonchev–Trinajstić information content (AvgIpc) is 2.52. The van der Waals surface area contributed by atoms with Crippen LogP contribution in [0.1, 0.15) is 30.5 Å². The van der Waals surface area contributed by atoms with Crippen LogP contribution in [-0.4, -0.2) is 23.6 Å². The maximum absolute atomic E-state index is 5.25. The molecule has 0 aromatic carbocycles. The molecule has 4 nitrogen and oxygen atoms in total. The minimum atomic E-state index is 0.280. The Morgan fingerprint density at radius 2 is 2.15 bits per heavy atom. The lowest BCUT2D eigenvalue weighted by atomic mass is 10.0. The molecule has 20 heavy (non-hydrogen) atoms. The van der Waals surface area contributed by atoms with Crippen LogP contribution >= 0.6 is 0 Å². The molecule has 1 unspecified atom stereocenters. The number of hydrogen-bond acceptors (Lipinski definition) is 4. The molecule has 0 saturated carbocycles. The van der Waals surface area contributed by atoms with Gasteiger partial charge in [0.1, 0.15) is 5.75 Å². The fourth-order valence-corrected chi connectivity index (χ4v) is 2.23. The molecule has 4 heteroatoms. The molecule has 0 aliphatic carbocycles. The van der Waals surface area contributed by atoms with Crippen molar-refractivity contribution in [1.29, 1.82) is 0 Å². The Morgan fingerprint density at radius 1 is 1.25 bits per heavy atom. The number of nitrogens with one attached hydrogen (secondary N) is 1. The molecule has 106 valence electrons. The van der Waals surface area contributed by atoms with E-state index in [0.717, 1.165) is 30.7 Å². The largest absolute Gasteiger partial charge is 0.495 e. The van der Waals surface area contributed by atoms with Gasteiger partial charge >= 0.3 is 0 Å². The first-order valence-electron chi connectivity index (χ1n) is 6.94. The zero-order chi connectivity index (χ0) is 14.2. The highest BCUT2D eigenvalue weighted by Crippen LogP contribution is 2.21. The van der Waals surface area contributed by atoms with Gasteiger partial charge in [-0.25, -0.2) is 0 Å². The molecule has 0 radical (unpaired) electrons. The number of rotatable bonds is 7. The van der Waals surface area contributed by atoms with E-state index >= 15 is 0 Å². The Kier molecular flexibility index (Phi) is 5.50. The molecule has 1 N–H and O–H groups in total. The van der Waals surface area contributed by atoms with Crippen LogP contribution in [0.15, 0.2) is 43.0 Å². The number of ether oxygens (including phenoxy) is 1. The lowest BCUT2D eigenvalue weighted by Gasteiger charge is -2.18. The van der Waals surface area contributed by atoms with E-state index in [9.17, 15) is 0 Å². The number of pyridine rings is 2. The van der Waals surface area contributed by atoms with Gasteiger partial charge < -0.3 is 10.1 Å². The van der Waals surface area contributed by atoms with Crippen molar-refractivity contribution in [1.82, 2.24) is 15.3 Å². The number of nitrogens with zero attached hydrogens (tertiary/aromatic N) is 2. The lowest BCUT2D eigenvalue weighted by Crippen LogP contribution is -2.21. The van der Waals surface area contributed by atoms with E-state index in [1.165, 1.54) is 5.56 Å². The van der Waals surface area contributed by atoms with E-state index < -0.39 is 0 Å². The van der Waals surface area contributed by atoms with Crippen LogP contribution in [0.3, 0.4) is 0 Å². The van der Waals surface area contributed by atoms with Gasteiger partial charge in [0.25, 0.3) is 0 Å². The first kappa shape index (κ1) is 14.5. The topological polar surface area (TPSA) is 47.0 Å². The molecule has 2 aromatic heterocycles. The van der Waals surface area contributed by atoms with Crippen molar-refractivity contribution in [2.24, 2.45) is 0 Å². The molecule has 2 heterocycles. The van der Waals surface area contributed by atoms with Gasteiger partial charge in [-0.3, -0.25) is 9.97 Å². The second-order valence-electron chi connectivity index (χ2n) is 4.67. The van der Waals surface area contributed by atoms with Crippen LogP contribution in [0.2, 0.25) is 0 Å². The van der Waals surface area contributed by atoms with Gasteiger partial charge in [0.2, 0.25) is 0 Å². The van der Waals surface area contributed by atoms with Gasteiger partial charge in [-0.1, -0.05) is 13.0 Å². The first-order chi connectivity index (χ1) is 9.83. The van der Waals surface area contributed by atoms with E-state index in [1.54, 1.807) is 19.5 Å². The third-order valence-electron chi connectivity index (χ3n) is 3.27. The Bertz CT molecular complexity index is 516. The zero-order valence-corrected chi connectivity index (χ0v) is 12.0. The fourth-order valence-electron chi connectivity index (χ4n) is 2.23.